The van der Waals surface area contributed by atoms with E-state index in [9.17, 15) is 4.79 Å². The zero-order chi connectivity index (χ0) is 11.1. The lowest BCUT2D eigenvalue weighted by Gasteiger charge is -2.03. The normalized spacial score (nSPS) is 11.3. The van der Waals surface area contributed by atoms with Gasteiger partial charge in [0, 0.05) is 28.2 Å². The Balaban J connectivity index is 2.58. The van der Waals surface area contributed by atoms with E-state index in [2.05, 4.69) is 15.9 Å². The maximum atomic E-state index is 11.1. The molecule has 3 nitrogen and oxygen atoms in total. The molecule has 0 spiro atoms. The van der Waals surface area contributed by atoms with Crippen LogP contribution in [0.5, 0.6) is 0 Å². The molecule has 0 bridgehead atoms. The number of hydrogen-bond acceptors (Lipinski definition) is 3. The summed E-state index contributed by atoms with van der Waals surface area (Å²) in [5, 5.41) is 2.66. The fraction of sp³-hybridized carbons (Fsp3) is 0.0833. The van der Waals surface area contributed by atoms with Gasteiger partial charge in [-0.1, -0.05) is 15.9 Å². The van der Waals surface area contributed by atoms with Crippen molar-refractivity contribution >= 4 is 37.9 Å². The van der Waals surface area contributed by atoms with Gasteiger partial charge in [0.2, 0.25) is 0 Å². The van der Waals surface area contributed by atoms with Gasteiger partial charge in [0.15, 0.2) is 0 Å². The van der Waals surface area contributed by atoms with Gasteiger partial charge in [-0.15, -0.1) is 0 Å². The molecule has 3 aromatic rings. The van der Waals surface area contributed by atoms with Crippen LogP contribution in [0, 0.1) is 0 Å². The minimum absolute atomic E-state index is 0.348. The Labute approximate surface area is 98.8 Å². The fourth-order valence-corrected chi connectivity index (χ4v) is 2.48. The first kappa shape index (κ1) is 9.66. The predicted octanol–water partition coefficient (Wildman–Crippen LogP) is 3.43. The van der Waals surface area contributed by atoms with Crippen LogP contribution in [-0.4, -0.2) is 0 Å². The molecule has 0 amide bonds. The third-order valence-electron chi connectivity index (χ3n) is 2.60. The Bertz CT molecular complexity index is 724. The molecule has 80 valence electrons. The molecule has 0 aliphatic carbocycles. The molecule has 0 saturated heterocycles. The lowest BCUT2D eigenvalue weighted by Crippen LogP contribution is -1.95. The van der Waals surface area contributed by atoms with Crippen molar-refractivity contribution in [2.45, 2.75) is 5.33 Å². The van der Waals surface area contributed by atoms with Gasteiger partial charge in [0.25, 0.3) is 0 Å². The number of benzene rings is 1. The first-order valence-electron chi connectivity index (χ1n) is 4.78. The number of halogens is 1. The van der Waals surface area contributed by atoms with Gasteiger partial charge < -0.3 is 8.83 Å². The zero-order valence-corrected chi connectivity index (χ0v) is 9.78. The minimum Gasteiger partial charge on any atom is -0.464 e. The highest BCUT2D eigenvalue weighted by Gasteiger charge is 2.10. The van der Waals surface area contributed by atoms with Gasteiger partial charge >= 0.3 is 5.63 Å². The monoisotopic (exact) mass is 278 g/mol. The summed E-state index contributed by atoms with van der Waals surface area (Å²) in [6.45, 7) is 0. The van der Waals surface area contributed by atoms with Gasteiger partial charge in [-0.05, 0) is 17.7 Å². The first-order valence-corrected chi connectivity index (χ1v) is 5.90. The standard InChI is InChI=1S/C12H7BrO3/c13-6-9-7-1-2-12(14)16-11(7)5-10-8(9)3-4-15-10/h1-5H,6H2. The van der Waals surface area contributed by atoms with Crippen LogP contribution in [-0.2, 0) is 5.33 Å². The molecule has 0 unspecified atom stereocenters. The van der Waals surface area contributed by atoms with Gasteiger partial charge in [0.05, 0.1) is 6.26 Å². The Hall–Kier alpha value is -1.55. The summed E-state index contributed by atoms with van der Waals surface area (Å²) in [6.07, 6.45) is 1.63. The topological polar surface area (TPSA) is 43.4 Å². The van der Waals surface area contributed by atoms with Crippen LogP contribution >= 0.6 is 15.9 Å². The fourth-order valence-electron chi connectivity index (χ4n) is 1.88. The van der Waals surface area contributed by atoms with Crippen molar-refractivity contribution in [1.82, 2.24) is 0 Å². The van der Waals surface area contributed by atoms with E-state index in [-0.39, 0.29) is 5.63 Å². The third kappa shape index (κ3) is 1.30. The summed E-state index contributed by atoms with van der Waals surface area (Å²) in [5.41, 5.74) is 2.02. The molecule has 0 saturated carbocycles. The van der Waals surface area contributed by atoms with E-state index in [0.29, 0.717) is 10.9 Å². The molecule has 2 aromatic heterocycles. The molecule has 0 N–H and O–H groups in total. The molecule has 0 fully saturated rings. The second kappa shape index (κ2) is 3.49. The summed E-state index contributed by atoms with van der Waals surface area (Å²) in [7, 11) is 0. The summed E-state index contributed by atoms with van der Waals surface area (Å²) in [5.74, 6) is 0. The van der Waals surface area contributed by atoms with E-state index in [1.165, 1.54) is 6.07 Å². The van der Waals surface area contributed by atoms with Crippen LogP contribution in [0.3, 0.4) is 0 Å². The van der Waals surface area contributed by atoms with Crippen molar-refractivity contribution in [1.29, 1.82) is 0 Å². The van der Waals surface area contributed by atoms with Crippen LogP contribution in [0.1, 0.15) is 5.56 Å². The van der Waals surface area contributed by atoms with Crippen LogP contribution in [0.2, 0.25) is 0 Å². The molecular weight excluding hydrogens is 272 g/mol. The van der Waals surface area contributed by atoms with E-state index in [4.69, 9.17) is 8.83 Å². The summed E-state index contributed by atoms with van der Waals surface area (Å²) < 4.78 is 10.5. The van der Waals surface area contributed by atoms with Crippen LogP contribution in [0.15, 0.2) is 44.2 Å². The molecule has 1 aromatic carbocycles. The summed E-state index contributed by atoms with van der Waals surface area (Å²) in [4.78, 5) is 11.1. The second-order valence-corrected chi connectivity index (χ2v) is 4.05. The van der Waals surface area contributed by atoms with Crippen LogP contribution in [0.4, 0.5) is 0 Å². The van der Waals surface area contributed by atoms with Crippen molar-refractivity contribution in [3.63, 3.8) is 0 Å². The quantitative estimate of drug-likeness (QED) is 0.506. The summed E-state index contributed by atoms with van der Waals surface area (Å²) >= 11 is 3.44. The number of furan rings is 1. The molecule has 2 heterocycles. The van der Waals surface area contributed by atoms with E-state index in [1.807, 2.05) is 6.07 Å². The lowest BCUT2D eigenvalue weighted by molar-refractivity contribution is 0.559. The number of alkyl halides is 1. The summed E-state index contributed by atoms with van der Waals surface area (Å²) in [6, 6.07) is 6.87. The molecule has 0 aliphatic heterocycles. The number of hydrogen-bond donors (Lipinski definition) is 0. The number of fused-ring (bicyclic) bond motifs is 2. The molecule has 0 aliphatic rings. The third-order valence-corrected chi connectivity index (χ3v) is 3.16. The molecular formula is C12H7BrO3. The van der Waals surface area contributed by atoms with Crippen molar-refractivity contribution in [2.24, 2.45) is 0 Å². The van der Waals surface area contributed by atoms with E-state index < -0.39 is 0 Å². The molecule has 16 heavy (non-hydrogen) atoms. The van der Waals surface area contributed by atoms with Crippen molar-refractivity contribution in [3.8, 4) is 0 Å². The van der Waals surface area contributed by atoms with E-state index in [1.54, 1.807) is 18.4 Å². The first-order chi connectivity index (χ1) is 7.79. The maximum Gasteiger partial charge on any atom is 0.336 e. The van der Waals surface area contributed by atoms with Crippen LogP contribution < -0.4 is 5.63 Å². The van der Waals surface area contributed by atoms with Crippen LogP contribution in [0.25, 0.3) is 21.9 Å². The molecule has 0 radical (unpaired) electrons. The highest BCUT2D eigenvalue weighted by Crippen LogP contribution is 2.29. The van der Waals surface area contributed by atoms with E-state index >= 15 is 0 Å². The Kier molecular flexibility index (Phi) is 2.11. The second-order valence-electron chi connectivity index (χ2n) is 3.49. The van der Waals surface area contributed by atoms with Gasteiger partial charge in [-0.25, -0.2) is 4.79 Å². The Morgan fingerprint density at radius 2 is 1.94 bits per heavy atom. The average Bonchev–Trinajstić information content (AvgIpc) is 2.73. The van der Waals surface area contributed by atoms with Gasteiger partial charge in [0.1, 0.15) is 11.2 Å². The molecule has 0 atom stereocenters. The Morgan fingerprint density at radius 3 is 2.75 bits per heavy atom. The number of rotatable bonds is 1. The highest BCUT2D eigenvalue weighted by atomic mass is 79.9. The SMILES string of the molecule is O=c1ccc2c(CBr)c3ccoc3cc2o1. The minimum atomic E-state index is -0.348. The van der Waals surface area contributed by atoms with E-state index in [0.717, 1.165) is 21.9 Å². The van der Waals surface area contributed by atoms with Crippen molar-refractivity contribution < 1.29 is 8.83 Å². The highest BCUT2D eigenvalue weighted by molar-refractivity contribution is 9.08. The predicted molar refractivity (Wildman–Crippen MR) is 64.9 cm³/mol. The van der Waals surface area contributed by atoms with Crippen molar-refractivity contribution in [2.75, 3.05) is 0 Å². The lowest BCUT2D eigenvalue weighted by atomic mass is 10.1. The molecule has 4 heteroatoms. The van der Waals surface area contributed by atoms with Crippen molar-refractivity contribution in [3.05, 3.63) is 46.5 Å². The molecule has 3 rings (SSSR count). The smallest absolute Gasteiger partial charge is 0.336 e. The van der Waals surface area contributed by atoms with Gasteiger partial charge in [-0.3, -0.25) is 0 Å². The average molecular weight is 279 g/mol. The zero-order valence-electron chi connectivity index (χ0n) is 8.20. The van der Waals surface area contributed by atoms with Gasteiger partial charge in [-0.2, -0.15) is 0 Å². The largest absolute Gasteiger partial charge is 0.464 e. The Morgan fingerprint density at radius 1 is 1.12 bits per heavy atom. The maximum absolute atomic E-state index is 11.1.